The van der Waals surface area contributed by atoms with Crippen molar-refractivity contribution in [3.05, 3.63) is 75.9 Å². The summed E-state index contributed by atoms with van der Waals surface area (Å²) in [6.45, 7) is 2.28. The molecular weight excluding hydrogens is 385 g/mol. The summed E-state index contributed by atoms with van der Waals surface area (Å²) in [5.74, 6) is 0. The van der Waals surface area contributed by atoms with Gasteiger partial charge in [-0.15, -0.1) is 0 Å². The lowest BCUT2D eigenvalue weighted by Crippen LogP contribution is -2.30. The van der Waals surface area contributed by atoms with Crippen LogP contribution in [-0.2, 0) is 25.7 Å². The monoisotopic (exact) mass is 402 g/mol. The molecule has 0 amide bonds. The molecular formula is C20H17F3N4S. The minimum absolute atomic E-state index is 0.0924. The molecule has 0 fully saturated rings. The number of benzene rings is 1. The van der Waals surface area contributed by atoms with Crippen LogP contribution in [0.2, 0.25) is 0 Å². The lowest BCUT2D eigenvalue weighted by Gasteiger charge is -2.28. The highest BCUT2D eigenvalue weighted by molar-refractivity contribution is 7.71. The average molecular weight is 402 g/mol. The highest BCUT2D eigenvalue weighted by atomic mass is 32.1. The molecule has 28 heavy (non-hydrogen) atoms. The van der Waals surface area contributed by atoms with E-state index in [9.17, 15) is 13.2 Å². The summed E-state index contributed by atoms with van der Waals surface area (Å²) >= 11 is 5.06. The Balaban J connectivity index is 1.51. The fourth-order valence-corrected chi connectivity index (χ4v) is 3.61. The van der Waals surface area contributed by atoms with Gasteiger partial charge in [-0.05, 0) is 29.9 Å². The van der Waals surface area contributed by atoms with E-state index in [1.54, 1.807) is 24.5 Å². The van der Waals surface area contributed by atoms with Gasteiger partial charge in [0.05, 0.1) is 11.3 Å². The van der Waals surface area contributed by atoms with Gasteiger partial charge in [-0.2, -0.15) is 13.2 Å². The van der Waals surface area contributed by atoms with Gasteiger partial charge >= 0.3 is 6.18 Å². The summed E-state index contributed by atoms with van der Waals surface area (Å²) in [5.41, 5.74) is 2.92. The molecule has 0 spiro atoms. The molecule has 0 saturated heterocycles. The molecule has 3 heterocycles. The Morgan fingerprint density at radius 3 is 2.64 bits per heavy atom. The quantitative estimate of drug-likeness (QED) is 0.641. The molecule has 1 N–H and O–H groups in total. The van der Waals surface area contributed by atoms with E-state index in [-0.39, 0.29) is 5.56 Å². The van der Waals surface area contributed by atoms with Crippen LogP contribution in [-0.4, -0.2) is 26.4 Å². The normalized spacial score (nSPS) is 14.7. The first kappa shape index (κ1) is 18.8. The minimum atomic E-state index is -4.41. The van der Waals surface area contributed by atoms with Crippen molar-refractivity contribution in [1.29, 1.82) is 0 Å². The molecule has 0 saturated carbocycles. The highest BCUT2D eigenvalue weighted by Gasteiger charge is 2.33. The number of alkyl halides is 3. The van der Waals surface area contributed by atoms with E-state index in [0.29, 0.717) is 17.0 Å². The largest absolute Gasteiger partial charge is 0.417 e. The maximum absolute atomic E-state index is 13.2. The lowest BCUT2D eigenvalue weighted by molar-refractivity contribution is -0.137. The Bertz CT molecular complexity index is 1040. The molecule has 144 valence electrons. The van der Waals surface area contributed by atoms with Gasteiger partial charge in [-0.3, -0.25) is 9.88 Å². The minimum Gasteiger partial charge on any atom is -0.334 e. The number of aromatic amines is 1. The second-order valence-corrected chi connectivity index (χ2v) is 7.13. The van der Waals surface area contributed by atoms with Crippen LogP contribution in [0.1, 0.15) is 22.4 Å². The molecule has 1 aromatic carbocycles. The number of hydrogen-bond acceptors (Lipinski definition) is 4. The van der Waals surface area contributed by atoms with Crippen molar-refractivity contribution in [2.24, 2.45) is 0 Å². The zero-order valence-electron chi connectivity index (χ0n) is 14.8. The molecule has 1 aliphatic rings. The molecule has 3 aromatic rings. The Morgan fingerprint density at radius 1 is 1.07 bits per heavy atom. The molecule has 0 unspecified atom stereocenters. The third-order valence-electron chi connectivity index (χ3n) is 4.79. The van der Waals surface area contributed by atoms with E-state index in [1.165, 1.54) is 12.1 Å². The predicted octanol–water partition coefficient (Wildman–Crippen LogP) is 4.78. The van der Waals surface area contributed by atoms with Gasteiger partial charge in [0.2, 0.25) is 0 Å². The average Bonchev–Trinajstić information content (AvgIpc) is 2.68. The SMILES string of the molecule is FC(F)(F)c1ccccc1-c1ccc(CN2CCc3[nH]c(=S)ncc3C2)cn1. The second-order valence-electron chi connectivity index (χ2n) is 6.75. The number of nitrogens with zero attached hydrogens (tertiary/aromatic N) is 3. The molecule has 4 rings (SSSR count). The van der Waals surface area contributed by atoms with Crippen molar-refractivity contribution >= 4 is 12.2 Å². The molecule has 0 atom stereocenters. The van der Waals surface area contributed by atoms with Crippen LogP contribution in [0.15, 0.2) is 48.8 Å². The van der Waals surface area contributed by atoms with Crippen molar-refractivity contribution in [3.63, 3.8) is 0 Å². The summed E-state index contributed by atoms with van der Waals surface area (Å²) in [7, 11) is 0. The van der Waals surface area contributed by atoms with E-state index >= 15 is 0 Å². The fourth-order valence-electron chi connectivity index (χ4n) is 3.43. The van der Waals surface area contributed by atoms with Crippen LogP contribution in [0.5, 0.6) is 0 Å². The van der Waals surface area contributed by atoms with Crippen molar-refractivity contribution in [2.75, 3.05) is 6.54 Å². The van der Waals surface area contributed by atoms with Crippen molar-refractivity contribution in [3.8, 4) is 11.3 Å². The van der Waals surface area contributed by atoms with Crippen LogP contribution in [0.3, 0.4) is 0 Å². The van der Waals surface area contributed by atoms with Gasteiger partial charge in [-0.25, -0.2) is 4.98 Å². The summed E-state index contributed by atoms with van der Waals surface area (Å²) in [4.78, 5) is 13.8. The van der Waals surface area contributed by atoms with Crippen molar-refractivity contribution in [1.82, 2.24) is 19.9 Å². The molecule has 8 heteroatoms. The number of hydrogen-bond donors (Lipinski definition) is 1. The summed E-state index contributed by atoms with van der Waals surface area (Å²) in [6.07, 6.45) is -0.107. The molecule has 0 radical (unpaired) electrons. The van der Waals surface area contributed by atoms with Crippen LogP contribution in [0, 0.1) is 4.77 Å². The predicted molar refractivity (Wildman–Crippen MR) is 102 cm³/mol. The first-order valence-electron chi connectivity index (χ1n) is 8.81. The van der Waals surface area contributed by atoms with Crippen LogP contribution < -0.4 is 0 Å². The Hall–Kier alpha value is -2.58. The van der Waals surface area contributed by atoms with Gasteiger partial charge in [0, 0.05) is 55.3 Å². The third kappa shape index (κ3) is 3.98. The van der Waals surface area contributed by atoms with Crippen molar-refractivity contribution < 1.29 is 13.2 Å². The third-order valence-corrected chi connectivity index (χ3v) is 5.00. The summed E-state index contributed by atoms with van der Waals surface area (Å²) < 4.78 is 40.2. The van der Waals surface area contributed by atoms with E-state index in [1.807, 2.05) is 6.07 Å². The van der Waals surface area contributed by atoms with E-state index in [0.717, 1.165) is 42.4 Å². The molecule has 1 aliphatic heterocycles. The van der Waals surface area contributed by atoms with Gasteiger partial charge < -0.3 is 4.98 Å². The van der Waals surface area contributed by atoms with Crippen LogP contribution in [0.4, 0.5) is 13.2 Å². The zero-order chi connectivity index (χ0) is 19.7. The van der Waals surface area contributed by atoms with Crippen LogP contribution >= 0.6 is 12.2 Å². The fraction of sp³-hybridized carbons (Fsp3) is 0.250. The smallest absolute Gasteiger partial charge is 0.334 e. The number of nitrogens with one attached hydrogen (secondary N) is 1. The maximum atomic E-state index is 13.2. The van der Waals surface area contributed by atoms with Crippen molar-refractivity contribution in [2.45, 2.75) is 25.7 Å². The molecule has 0 aliphatic carbocycles. The lowest BCUT2D eigenvalue weighted by atomic mass is 10.0. The van der Waals surface area contributed by atoms with Crippen LogP contribution in [0.25, 0.3) is 11.3 Å². The number of rotatable bonds is 3. The van der Waals surface area contributed by atoms with Gasteiger partial charge in [0.25, 0.3) is 0 Å². The molecule has 2 aromatic heterocycles. The second kappa shape index (κ2) is 7.44. The summed E-state index contributed by atoms with van der Waals surface area (Å²) in [6, 6.07) is 8.98. The standard InChI is InChI=1S/C20H17F3N4S/c21-20(22,23)16-4-2-1-3-15(16)18-6-5-13(9-24-18)11-27-8-7-17-14(12-27)10-25-19(28)26-17/h1-6,9-10H,7-8,11-12H2,(H,25,26,28). The number of pyridine rings is 1. The van der Waals surface area contributed by atoms with E-state index in [4.69, 9.17) is 12.2 Å². The van der Waals surface area contributed by atoms with Gasteiger partial charge in [0.1, 0.15) is 0 Å². The maximum Gasteiger partial charge on any atom is 0.417 e. The number of aromatic nitrogens is 3. The van der Waals surface area contributed by atoms with E-state index < -0.39 is 11.7 Å². The van der Waals surface area contributed by atoms with E-state index in [2.05, 4.69) is 19.9 Å². The first-order chi connectivity index (χ1) is 13.4. The number of H-pyrrole nitrogens is 1. The van der Waals surface area contributed by atoms with Gasteiger partial charge in [-0.1, -0.05) is 24.3 Å². The number of halogens is 3. The topological polar surface area (TPSA) is 44.8 Å². The first-order valence-corrected chi connectivity index (χ1v) is 9.22. The number of fused-ring (bicyclic) bond motifs is 1. The molecule has 0 bridgehead atoms. The highest BCUT2D eigenvalue weighted by Crippen LogP contribution is 2.36. The summed E-state index contributed by atoms with van der Waals surface area (Å²) in [5, 5.41) is 0. The molecule has 4 nitrogen and oxygen atoms in total. The Labute approximate surface area is 165 Å². The zero-order valence-corrected chi connectivity index (χ0v) is 15.6. The van der Waals surface area contributed by atoms with Gasteiger partial charge in [0.15, 0.2) is 4.77 Å². The Kier molecular flexibility index (Phi) is 4.99. The Morgan fingerprint density at radius 2 is 1.89 bits per heavy atom.